The van der Waals surface area contributed by atoms with Gasteiger partial charge in [-0.05, 0) is 70.0 Å². The molecular weight excluding hydrogens is 721 g/mol. The van der Waals surface area contributed by atoms with Crippen molar-refractivity contribution in [3.05, 3.63) is 81.9 Å². The number of carbonyl (C=O) groups excluding carboxylic acids is 2. The second-order valence-electron chi connectivity index (χ2n) is 13.6. The molecule has 3 heterocycles. The van der Waals surface area contributed by atoms with Gasteiger partial charge in [-0.25, -0.2) is 19.7 Å². The standard InChI is InChI=1S/C37H49Cl2N9O5/c1-6-40-30(49)17-28-32(50)33(51)36(53-28)48-20-44-31-34(42-18-27(23-7-11-25(38)12-8-23)24-9-13-26(39)14-10-24)45-29(46-35(31)48)19-43-37(52)41-15-16-47(21(2)3)22(4)5/h7-14,20-22,27-28,32-33,36,50-51H,6,15-19H2,1-5H3,(H,40,49)(H2,41,43,52)(H,42,45,46)/t28-,32+,33+,36+/m0/s1. The zero-order chi connectivity index (χ0) is 38.2. The fraction of sp³-hybridized carbons (Fsp3) is 0.486. The molecule has 3 amide bonds. The highest BCUT2D eigenvalue weighted by Crippen LogP contribution is 2.34. The molecule has 1 fully saturated rings. The van der Waals surface area contributed by atoms with Gasteiger partial charge in [0, 0.05) is 54.2 Å². The summed E-state index contributed by atoms with van der Waals surface area (Å²) in [5, 5.41) is 35.0. The Balaban J connectivity index is 1.43. The SMILES string of the molecule is CCNC(=O)C[C@@H]1O[C@@H](n2cnc3c(NCC(c4ccc(Cl)cc4)c4ccc(Cl)cc4)nc(CNC(=O)NCCN(C(C)C)C(C)C)nc32)[C@H](O)[C@@H]1O. The molecule has 0 saturated carbocycles. The van der Waals surface area contributed by atoms with Crippen LogP contribution in [-0.4, -0.2) is 103 Å². The number of amides is 3. The topological polar surface area (TPSA) is 179 Å². The Morgan fingerprint density at radius 3 is 2.11 bits per heavy atom. The summed E-state index contributed by atoms with van der Waals surface area (Å²) < 4.78 is 7.55. The number of aliphatic hydroxyl groups is 2. The lowest BCUT2D eigenvalue weighted by Gasteiger charge is -2.30. The second kappa shape index (κ2) is 18.3. The number of fused-ring (bicyclic) bond motifs is 1. The number of carbonyl (C=O) groups is 2. The number of anilines is 1. The van der Waals surface area contributed by atoms with Gasteiger partial charge in [0.2, 0.25) is 5.91 Å². The van der Waals surface area contributed by atoms with Crippen molar-refractivity contribution in [2.24, 2.45) is 0 Å². The molecule has 0 aliphatic carbocycles. The van der Waals surface area contributed by atoms with Crippen LogP contribution in [0.2, 0.25) is 10.0 Å². The van der Waals surface area contributed by atoms with Gasteiger partial charge in [0.05, 0.1) is 25.4 Å². The monoisotopic (exact) mass is 769 g/mol. The predicted octanol–water partition coefficient (Wildman–Crippen LogP) is 4.44. The Morgan fingerprint density at radius 1 is 0.906 bits per heavy atom. The van der Waals surface area contributed by atoms with E-state index in [2.05, 4.69) is 58.8 Å². The third kappa shape index (κ3) is 10.1. The first kappa shape index (κ1) is 40.1. The number of aliphatic hydroxyl groups excluding tert-OH is 2. The van der Waals surface area contributed by atoms with Crippen molar-refractivity contribution in [3.8, 4) is 0 Å². The van der Waals surface area contributed by atoms with Crippen LogP contribution in [0.15, 0.2) is 54.9 Å². The summed E-state index contributed by atoms with van der Waals surface area (Å²) in [6.45, 7) is 12.2. The molecule has 6 N–H and O–H groups in total. The lowest BCUT2D eigenvalue weighted by Crippen LogP contribution is -2.44. The molecule has 4 atom stereocenters. The summed E-state index contributed by atoms with van der Waals surface area (Å²) in [6, 6.07) is 15.5. The quantitative estimate of drug-likeness (QED) is 0.0955. The van der Waals surface area contributed by atoms with Crippen LogP contribution in [0.3, 0.4) is 0 Å². The molecule has 0 bridgehead atoms. The zero-order valence-corrected chi connectivity index (χ0v) is 32.1. The van der Waals surface area contributed by atoms with Crippen molar-refractivity contribution in [3.63, 3.8) is 0 Å². The molecule has 2 aromatic heterocycles. The number of nitrogens with zero attached hydrogens (tertiary/aromatic N) is 5. The van der Waals surface area contributed by atoms with Crippen molar-refractivity contribution in [2.45, 2.75) is 90.1 Å². The fourth-order valence-electron chi connectivity index (χ4n) is 6.58. The molecule has 1 aliphatic rings. The second-order valence-corrected chi connectivity index (χ2v) is 14.5. The van der Waals surface area contributed by atoms with Crippen molar-refractivity contribution >= 4 is 52.1 Å². The number of urea groups is 1. The largest absolute Gasteiger partial charge is 0.388 e. The number of hydrogen-bond acceptors (Lipinski definition) is 10. The van der Waals surface area contributed by atoms with Crippen molar-refractivity contribution < 1.29 is 24.5 Å². The Morgan fingerprint density at radius 2 is 1.53 bits per heavy atom. The highest BCUT2D eigenvalue weighted by molar-refractivity contribution is 6.30. The van der Waals surface area contributed by atoms with Gasteiger partial charge in [-0.15, -0.1) is 0 Å². The minimum atomic E-state index is -1.37. The van der Waals surface area contributed by atoms with Gasteiger partial charge in [-0.1, -0.05) is 47.5 Å². The van der Waals surface area contributed by atoms with E-state index in [1.807, 2.05) is 48.5 Å². The first-order valence-electron chi connectivity index (χ1n) is 17.9. The third-order valence-electron chi connectivity index (χ3n) is 9.25. The molecule has 286 valence electrons. The predicted molar refractivity (Wildman–Crippen MR) is 205 cm³/mol. The molecule has 0 spiro atoms. The number of rotatable bonds is 16. The summed E-state index contributed by atoms with van der Waals surface area (Å²) >= 11 is 12.4. The molecule has 1 aliphatic heterocycles. The summed E-state index contributed by atoms with van der Waals surface area (Å²) in [5.74, 6) is 0.197. The van der Waals surface area contributed by atoms with Gasteiger partial charge in [-0.2, -0.15) is 0 Å². The number of aromatic nitrogens is 4. The van der Waals surface area contributed by atoms with Crippen LogP contribution in [0.4, 0.5) is 10.6 Å². The van der Waals surface area contributed by atoms with Crippen molar-refractivity contribution in [1.29, 1.82) is 0 Å². The highest BCUT2D eigenvalue weighted by atomic mass is 35.5. The molecule has 0 unspecified atom stereocenters. The number of benzene rings is 2. The van der Waals surface area contributed by atoms with E-state index in [9.17, 15) is 19.8 Å². The van der Waals surface area contributed by atoms with E-state index >= 15 is 0 Å². The van der Waals surface area contributed by atoms with Crippen molar-refractivity contribution in [1.82, 2.24) is 40.4 Å². The number of nitrogens with one attached hydrogen (secondary N) is 4. The van der Waals surface area contributed by atoms with E-state index in [1.54, 1.807) is 6.92 Å². The first-order chi connectivity index (χ1) is 25.4. The molecule has 4 aromatic rings. The number of ether oxygens (including phenoxy) is 1. The molecular formula is C37H49Cl2N9O5. The van der Waals surface area contributed by atoms with Gasteiger partial charge in [-0.3, -0.25) is 14.3 Å². The number of hydrogen-bond donors (Lipinski definition) is 6. The van der Waals surface area contributed by atoms with Crippen LogP contribution in [0.5, 0.6) is 0 Å². The van der Waals surface area contributed by atoms with Crippen LogP contribution < -0.4 is 21.3 Å². The molecule has 5 rings (SSSR count). The van der Waals surface area contributed by atoms with Crippen LogP contribution in [0.1, 0.15) is 70.1 Å². The number of imidazole rings is 1. The van der Waals surface area contributed by atoms with Crippen LogP contribution in [0.25, 0.3) is 11.2 Å². The van der Waals surface area contributed by atoms with Gasteiger partial charge in [0.25, 0.3) is 0 Å². The molecule has 14 nitrogen and oxygen atoms in total. The lowest BCUT2D eigenvalue weighted by atomic mass is 9.91. The number of halogens is 2. The smallest absolute Gasteiger partial charge is 0.315 e. The fourth-order valence-corrected chi connectivity index (χ4v) is 6.83. The third-order valence-corrected chi connectivity index (χ3v) is 9.75. The lowest BCUT2D eigenvalue weighted by molar-refractivity contribution is -0.125. The minimum Gasteiger partial charge on any atom is -0.388 e. The van der Waals surface area contributed by atoms with Crippen LogP contribution >= 0.6 is 23.2 Å². The summed E-state index contributed by atoms with van der Waals surface area (Å²) in [6.07, 6.45) is -3.43. The molecule has 53 heavy (non-hydrogen) atoms. The Hall–Kier alpha value is -4.05. The Bertz CT molecular complexity index is 1770. The van der Waals surface area contributed by atoms with Crippen LogP contribution in [-0.2, 0) is 16.1 Å². The minimum absolute atomic E-state index is 0.0198. The maximum Gasteiger partial charge on any atom is 0.315 e. The Kier molecular flexibility index (Phi) is 13.9. The van der Waals surface area contributed by atoms with Crippen molar-refractivity contribution in [2.75, 3.05) is 31.5 Å². The van der Waals surface area contributed by atoms with Gasteiger partial charge >= 0.3 is 6.03 Å². The molecule has 0 radical (unpaired) electrons. The van der Waals surface area contributed by atoms with Gasteiger partial charge in [0.15, 0.2) is 29.0 Å². The molecule has 16 heteroatoms. The van der Waals surface area contributed by atoms with E-state index < -0.39 is 24.5 Å². The maximum absolute atomic E-state index is 12.9. The van der Waals surface area contributed by atoms with E-state index in [0.717, 1.165) is 11.1 Å². The first-order valence-corrected chi connectivity index (χ1v) is 18.7. The summed E-state index contributed by atoms with van der Waals surface area (Å²) in [5.41, 5.74) is 2.68. The Labute approximate surface area is 319 Å². The maximum atomic E-state index is 12.9. The average molecular weight is 771 g/mol. The van der Waals surface area contributed by atoms with E-state index in [-0.39, 0.29) is 36.6 Å². The van der Waals surface area contributed by atoms with Crippen LogP contribution in [0, 0.1) is 0 Å². The normalized spacial score (nSPS) is 18.7. The van der Waals surface area contributed by atoms with E-state index in [4.69, 9.17) is 37.9 Å². The van der Waals surface area contributed by atoms with E-state index in [0.29, 0.717) is 65.3 Å². The summed E-state index contributed by atoms with van der Waals surface area (Å²) in [4.78, 5) is 41.6. The molecule has 1 saturated heterocycles. The van der Waals surface area contributed by atoms with Gasteiger partial charge in [0.1, 0.15) is 12.2 Å². The molecule has 2 aromatic carbocycles. The van der Waals surface area contributed by atoms with E-state index in [1.165, 1.54) is 10.9 Å². The highest BCUT2D eigenvalue weighted by Gasteiger charge is 2.45. The summed E-state index contributed by atoms with van der Waals surface area (Å²) in [7, 11) is 0. The average Bonchev–Trinajstić information content (AvgIpc) is 3.66. The zero-order valence-electron chi connectivity index (χ0n) is 30.6. The van der Waals surface area contributed by atoms with Gasteiger partial charge < -0.3 is 36.2 Å².